The fourth-order valence-corrected chi connectivity index (χ4v) is 5.74. The molecule has 2 aliphatic rings. The van der Waals surface area contributed by atoms with E-state index in [4.69, 9.17) is 16.6 Å². The summed E-state index contributed by atoms with van der Waals surface area (Å²) in [5.74, 6) is 1.02. The molecular formula is C23H25ClN4O2S. The minimum absolute atomic E-state index is 0.168. The highest BCUT2D eigenvalue weighted by Gasteiger charge is 2.46. The van der Waals surface area contributed by atoms with Gasteiger partial charge in [0.05, 0.1) is 6.04 Å². The standard InChI is InChI=1S/C23H25ClN4O2S/c1-14(15-7-4-3-5-8-15)13-17(29)16-9-6-12-28(16)22-25-18-19(31-22)26-21(23(24)10-11-23)27(2)20(18)30/h3-5,7-8,14,16H,6,9-13H2,1-2H3/t14-,16+/m0/s1. The van der Waals surface area contributed by atoms with Gasteiger partial charge >= 0.3 is 0 Å². The van der Waals surface area contributed by atoms with E-state index in [0.717, 1.165) is 32.2 Å². The molecule has 1 aromatic carbocycles. The number of fused-ring (bicyclic) bond motifs is 1. The van der Waals surface area contributed by atoms with Gasteiger partial charge in [-0.3, -0.25) is 14.2 Å². The second-order valence-electron chi connectivity index (χ2n) is 8.75. The Morgan fingerprint density at radius 1 is 1.29 bits per heavy atom. The summed E-state index contributed by atoms with van der Waals surface area (Å²) >= 11 is 7.94. The van der Waals surface area contributed by atoms with Crippen LogP contribution < -0.4 is 10.5 Å². The summed E-state index contributed by atoms with van der Waals surface area (Å²) in [5.41, 5.74) is 1.37. The van der Waals surface area contributed by atoms with Crippen molar-refractivity contribution in [2.24, 2.45) is 7.05 Å². The maximum atomic E-state index is 13.2. The molecule has 5 rings (SSSR count). The summed E-state index contributed by atoms with van der Waals surface area (Å²) in [6.07, 6.45) is 3.91. The van der Waals surface area contributed by atoms with Crippen LogP contribution in [-0.2, 0) is 16.7 Å². The molecule has 31 heavy (non-hydrogen) atoms. The van der Waals surface area contributed by atoms with Crippen molar-refractivity contribution in [3.05, 3.63) is 52.1 Å². The van der Waals surface area contributed by atoms with Gasteiger partial charge in [0.1, 0.15) is 10.7 Å². The third-order valence-electron chi connectivity index (χ3n) is 6.47. The molecule has 0 N–H and O–H groups in total. The van der Waals surface area contributed by atoms with Crippen LogP contribution in [0.5, 0.6) is 0 Å². The normalized spacial score (nSPS) is 20.9. The zero-order valence-corrected chi connectivity index (χ0v) is 19.2. The number of rotatable bonds is 6. The molecule has 0 amide bonds. The average Bonchev–Trinajstić information content (AvgIpc) is 3.18. The lowest BCUT2D eigenvalue weighted by Crippen LogP contribution is -2.36. The molecule has 0 spiro atoms. The van der Waals surface area contributed by atoms with Gasteiger partial charge in [0, 0.05) is 20.0 Å². The van der Waals surface area contributed by atoms with Crippen LogP contribution in [0.3, 0.4) is 0 Å². The molecule has 3 heterocycles. The first-order chi connectivity index (χ1) is 14.9. The van der Waals surface area contributed by atoms with Gasteiger partial charge in [-0.1, -0.05) is 48.6 Å². The lowest BCUT2D eigenvalue weighted by molar-refractivity contribution is -0.120. The third kappa shape index (κ3) is 3.68. The summed E-state index contributed by atoms with van der Waals surface area (Å²) < 4.78 is 1.53. The number of Topliss-reactive ketones (excluding diaryl/α,β-unsaturated/α-hetero) is 1. The lowest BCUT2D eigenvalue weighted by Gasteiger charge is -2.24. The number of aromatic nitrogens is 3. The van der Waals surface area contributed by atoms with Crippen molar-refractivity contribution in [3.8, 4) is 0 Å². The molecule has 162 valence electrons. The topological polar surface area (TPSA) is 68.1 Å². The molecule has 8 heteroatoms. The third-order valence-corrected chi connectivity index (χ3v) is 8.00. The van der Waals surface area contributed by atoms with Crippen LogP contribution in [0.15, 0.2) is 35.1 Å². The van der Waals surface area contributed by atoms with Crippen LogP contribution in [0.1, 0.15) is 56.3 Å². The van der Waals surface area contributed by atoms with Crippen molar-refractivity contribution < 1.29 is 4.79 Å². The fraction of sp³-hybridized carbons (Fsp3) is 0.478. The largest absolute Gasteiger partial charge is 0.338 e. The van der Waals surface area contributed by atoms with Crippen LogP contribution in [0.2, 0.25) is 0 Å². The van der Waals surface area contributed by atoms with Crippen LogP contribution >= 0.6 is 22.9 Å². The van der Waals surface area contributed by atoms with Gasteiger partial charge in [0.15, 0.2) is 21.3 Å². The first-order valence-corrected chi connectivity index (χ1v) is 12.0. The molecule has 0 radical (unpaired) electrons. The van der Waals surface area contributed by atoms with Crippen LogP contribution in [0.4, 0.5) is 5.13 Å². The highest BCUT2D eigenvalue weighted by atomic mass is 35.5. The van der Waals surface area contributed by atoms with Gasteiger partial charge in [-0.2, -0.15) is 0 Å². The van der Waals surface area contributed by atoms with E-state index in [-0.39, 0.29) is 23.3 Å². The lowest BCUT2D eigenvalue weighted by atomic mass is 9.93. The minimum Gasteiger partial charge on any atom is -0.338 e. The van der Waals surface area contributed by atoms with Crippen molar-refractivity contribution >= 4 is 44.2 Å². The first-order valence-electron chi connectivity index (χ1n) is 10.8. The van der Waals surface area contributed by atoms with Crippen molar-refractivity contribution in [2.45, 2.75) is 55.9 Å². The van der Waals surface area contributed by atoms with Gasteiger partial charge in [-0.25, -0.2) is 9.97 Å². The number of benzene rings is 1. The van der Waals surface area contributed by atoms with E-state index in [1.54, 1.807) is 7.05 Å². The number of anilines is 1. The number of thiazole rings is 1. The number of hydrogen-bond donors (Lipinski definition) is 0. The zero-order valence-electron chi connectivity index (χ0n) is 17.7. The number of nitrogens with zero attached hydrogens (tertiary/aromatic N) is 4. The number of hydrogen-bond acceptors (Lipinski definition) is 6. The van der Waals surface area contributed by atoms with Crippen LogP contribution in [0.25, 0.3) is 10.3 Å². The second kappa shape index (κ2) is 7.71. The summed E-state index contributed by atoms with van der Waals surface area (Å²) in [6, 6.07) is 9.95. The Bertz CT molecular complexity index is 1200. The minimum atomic E-state index is -0.522. The number of ketones is 1. The van der Waals surface area contributed by atoms with E-state index in [0.29, 0.717) is 27.7 Å². The molecule has 0 bridgehead atoms. The smallest absolute Gasteiger partial charge is 0.280 e. The molecule has 2 aromatic heterocycles. The molecule has 1 saturated heterocycles. The van der Waals surface area contributed by atoms with Crippen molar-refractivity contribution in [1.82, 2.24) is 14.5 Å². The molecule has 0 unspecified atom stereocenters. The van der Waals surface area contributed by atoms with Gasteiger partial charge in [0.2, 0.25) is 0 Å². The van der Waals surface area contributed by atoms with Gasteiger partial charge in [-0.05, 0) is 37.2 Å². The predicted molar refractivity (Wildman–Crippen MR) is 124 cm³/mol. The molecule has 3 aromatic rings. The predicted octanol–water partition coefficient (Wildman–Crippen LogP) is 4.35. The Morgan fingerprint density at radius 2 is 2.03 bits per heavy atom. The van der Waals surface area contributed by atoms with Crippen molar-refractivity contribution in [2.75, 3.05) is 11.4 Å². The van der Waals surface area contributed by atoms with E-state index >= 15 is 0 Å². The number of carbonyl (C=O) groups excluding carboxylic acids is 1. The Hall–Kier alpha value is -2.25. The number of carbonyl (C=O) groups is 1. The molecule has 1 saturated carbocycles. The maximum Gasteiger partial charge on any atom is 0.280 e. The van der Waals surface area contributed by atoms with E-state index in [1.807, 2.05) is 18.2 Å². The number of alkyl halides is 1. The van der Waals surface area contributed by atoms with E-state index < -0.39 is 4.87 Å². The molecule has 2 atom stereocenters. The van der Waals surface area contributed by atoms with E-state index in [2.05, 4.69) is 28.9 Å². The molecule has 1 aliphatic carbocycles. The van der Waals surface area contributed by atoms with Gasteiger partial charge < -0.3 is 4.90 Å². The molecule has 1 aliphatic heterocycles. The summed E-state index contributed by atoms with van der Waals surface area (Å²) in [4.78, 5) is 37.5. The quantitative estimate of drug-likeness (QED) is 0.516. The monoisotopic (exact) mass is 456 g/mol. The average molecular weight is 457 g/mol. The van der Waals surface area contributed by atoms with E-state index in [9.17, 15) is 9.59 Å². The van der Waals surface area contributed by atoms with Crippen molar-refractivity contribution in [3.63, 3.8) is 0 Å². The zero-order chi connectivity index (χ0) is 21.8. The maximum absolute atomic E-state index is 13.2. The Balaban J connectivity index is 1.42. The first kappa shape index (κ1) is 20.6. The molecule has 6 nitrogen and oxygen atoms in total. The van der Waals surface area contributed by atoms with Gasteiger partial charge in [-0.15, -0.1) is 11.6 Å². The highest BCUT2D eigenvalue weighted by molar-refractivity contribution is 7.21. The van der Waals surface area contributed by atoms with E-state index in [1.165, 1.54) is 21.5 Å². The van der Waals surface area contributed by atoms with Crippen LogP contribution in [0, 0.1) is 0 Å². The Kier molecular flexibility index (Phi) is 5.13. The van der Waals surface area contributed by atoms with Gasteiger partial charge in [0.25, 0.3) is 5.56 Å². The molecule has 2 fully saturated rings. The summed E-state index contributed by atoms with van der Waals surface area (Å²) in [5, 5.41) is 0.708. The summed E-state index contributed by atoms with van der Waals surface area (Å²) in [7, 11) is 1.71. The number of halogens is 1. The second-order valence-corrected chi connectivity index (χ2v) is 10.4. The van der Waals surface area contributed by atoms with Crippen LogP contribution in [-0.4, -0.2) is 32.9 Å². The van der Waals surface area contributed by atoms with Crippen molar-refractivity contribution in [1.29, 1.82) is 0 Å². The molecular weight excluding hydrogens is 432 g/mol. The Labute approximate surface area is 189 Å². The Morgan fingerprint density at radius 3 is 2.74 bits per heavy atom. The highest BCUT2D eigenvalue weighted by Crippen LogP contribution is 2.51. The SMILES string of the molecule is C[C@@H](CC(=O)[C@H]1CCCN1c1nc2c(=O)n(C)c(C3(Cl)CC3)nc2s1)c1ccccc1. The summed E-state index contributed by atoms with van der Waals surface area (Å²) in [6.45, 7) is 2.86. The fourth-order valence-electron chi connectivity index (χ4n) is 4.47.